The fourth-order valence-corrected chi connectivity index (χ4v) is 2.98. The largest absolute Gasteiger partial charge is 0.361 e. The highest BCUT2D eigenvalue weighted by Gasteiger charge is 2.15. The molecular weight excluding hydrogens is 345 g/mol. The van der Waals surface area contributed by atoms with Crippen LogP contribution in [-0.2, 0) is 6.54 Å². The molecule has 0 spiro atoms. The van der Waals surface area contributed by atoms with Crippen molar-refractivity contribution in [2.24, 2.45) is 0 Å². The minimum absolute atomic E-state index is 0.187. The maximum atomic E-state index is 13.7. The number of carbonyl (C=O) groups is 1. The molecular formula is C20H18FN5O. The Hall–Kier alpha value is -3.48. The number of rotatable bonds is 5. The van der Waals surface area contributed by atoms with E-state index in [9.17, 15) is 9.18 Å². The molecule has 27 heavy (non-hydrogen) atoms. The molecule has 0 saturated carbocycles. The molecule has 6 nitrogen and oxygen atoms in total. The summed E-state index contributed by atoms with van der Waals surface area (Å²) in [5.41, 5.74) is 2.73. The summed E-state index contributed by atoms with van der Waals surface area (Å²) in [5.74, 6) is -0.635. The molecule has 7 heteroatoms. The van der Waals surface area contributed by atoms with Gasteiger partial charge in [-0.1, -0.05) is 29.5 Å². The third-order valence-electron chi connectivity index (χ3n) is 4.49. The maximum absolute atomic E-state index is 13.7. The van der Waals surface area contributed by atoms with Crippen molar-refractivity contribution in [3.8, 4) is 0 Å². The van der Waals surface area contributed by atoms with Crippen LogP contribution < -0.4 is 5.32 Å². The summed E-state index contributed by atoms with van der Waals surface area (Å²) in [6.07, 6.45) is 3.40. The highest BCUT2D eigenvalue weighted by Crippen LogP contribution is 2.19. The van der Waals surface area contributed by atoms with E-state index in [4.69, 9.17) is 0 Å². The van der Waals surface area contributed by atoms with E-state index in [1.807, 2.05) is 37.4 Å². The predicted octanol–water partition coefficient (Wildman–Crippen LogP) is 3.44. The van der Waals surface area contributed by atoms with Crippen LogP contribution in [0.5, 0.6) is 0 Å². The topological polar surface area (TPSA) is 75.6 Å². The molecule has 0 saturated heterocycles. The van der Waals surface area contributed by atoms with Crippen molar-refractivity contribution in [3.63, 3.8) is 0 Å². The minimum Gasteiger partial charge on any atom is -0.361 e. The van der Waals surface area contributed by atoms with Crippen molar-refractivity contribution < 1.29 is 9.18 Å². The van der Waals surface area contributed by atoms with Crippen LogP contribution in [0.1, 0.15) is 34.6 Å². The number of hydrogen-bond acceptors (Lipinski definition) is 3. The van der Waals surface area contributed by atoms with Crippen LogP contribution in [0.4, 0.5) is 4.39 Å². The van der Waals surface area contributed by atoms with E-state index in [0.29, 0.717) is 5.56 Å². The van der Waals surface area contributed by atoms with E-state index < -0.39 is 0 Å². The van der Waals surface area contributed by atoms with Gasteiger partial charge < -0.3 is 10.3 Å². The van der Waals surface area contributed by atoms with E-state index in [1.165, 1.54) is 16.9 Å². The molecule has 0 aliphatic rings. The molecule has 1 amide bonds. The van der Waals surface area contributed by atoms with Crippen molar-refractivity contribution in [2.75, 3.05) is 0 Å². The lowest BCUT2D eigenvalue weighted by molar-refractivity contribution is 0.0934. The van der Waals surface area contributed by atoms with Crippen LogP contribution in [0.25, 0.3) is 10.9 Å². The Morgan fingerprint density at radius 2 is 2.11 bits per heavy atom. The number of nitrogens with zero attached hydrogens (tertiary/aromatic N) is 3. The summed E-state index contributed by atoms with van der Waals surface area (Å²) >= 11 is 0. The summed E-state index contributed by atoms with van der Waals surface area (Å²) in [6, 6.07) is 14.2. The van der Waals surface area contributed by atoms with Crippen LogP contribution in [0.2, 0.25) is 0 Å². The monoisotopic (exact) mass is 363 g/mol. The Bertz CT molecular complexity index is 1100. The Morgan fingerprint density at radius 3 is 2.96 bits per heavy atom. The van der Waals surface area contributed by atoms with Gasteiger partial charge in [0.05, 0.1) is 18.8 Å². The van der Waals surface area contributed by atoms with Gasteiger partial charge in [0.25, 0.3) is 5.91 Å². The van der Waals surface area contributed by atoms with Gasteiger partial charge in [-0.25, -0.2) is 9.07 Å². The SMILES string of the molecule is CC(NC(=O)c1cn(Cc2ccccc2F)nn1)c1ccc2[nH]ccc2c1. The van der Waals surface area contributed by atoms with Gasteiger partial charge >= 0.3 is 0 Å². The predicted molar refractivity (Wildman–Crippen MR) is 99.7 cm³/mol. The first-order valence-electron chi connectivity index (χ1n) is 8.61. The zero-order chi connectivity index (χ0) is 18.8. The summed E-state index contributed by atoms with van der Waals surface area (Å²) in [7, 11) is 0. The van der Waals surface area contributed by atoms with Gasteiger partial charge in [-0.2, -0.15) is 0 Å². The van der Waals surface area contributed by atoms with Gasteiger partial charge in [0.15, 0.2) is 5.69 Å². The van der Waals surface area contributed by atoms with Crippen LogP contribution in [0.15, 0.2) is 60.9 Å². The zero-order valence-electron chi connectivity index (χ0n) is 14.7. The highest BCUT2D eigenvalue weighted by atomic mass is 19.1. The van der Waals surface area contributed by atoms with Crippen molar-refractivity contribution >= 4 is 16.8 Å². The molecule has 0 aliphatic heterocycles. The average molecular weight is 363 g/mol. The van der Waals surface area contributed by atoms with E-state index in [2.05, 4.69) is 20.6 Å². The molecule has 4 aromatic rings. The second-order valence-electron chi connectivity index (χ2n) is 6.41. The standard InChI is InChI=1S/C20H18FN5O/c1-13(14-6-7-18-15(10-14)8-9-22-18)23-20(27)19-12-26(25-24-19)11-16-4-2-3-5-17(16)21/h2-10,12-13,22H,11H2,1H3,(H,23,27). The van der Waals surface area contributed by atoms with Crippen LogP contribution in [0, 0.1) is 5.82 Å². The molecule has 1 unspecified atom stereocenters. The van der Waals surface area contributed by atoms with Crippen molar-refractivity contribution in [2.45, 2.75) is 19.5 Å². The number of fused-ring (bicyclic) bond motifs is 1. The smallest absolute Gasteiger partial charge is 0.273 e. The van der Waals surface area contributed by atoms with Crippen molar-refractivity contribution in [3.05, 3.63) is 83.6 Å². The van der Waals surface area contributed by atoms with Crippen LogP contribution in [0.3, 0.4) is 0 Å². The zero-order valence-corrected chi connectivity index (χ0v) is 14.7. The highest BCUT2D eigenvalue weighted by molar-refractivity contribution is 5.92. The first-order valence-corrected chi connectivity index (χ1v) is 8.61. The van der Waals surface area contributed by atoms with Gasteiger partial charge in [0, 0.05) is 17.3 Å². The van der Waals surface area contributed by atoms with Crippen LogP contribution in [-0.4, -0.2) is 25.9 Å². The van der Waals surface area contributed by atoms with Crippen LogP contribution >= 0.6 is 0 Å². The normalized spacial score (nSPS) is 12.2. The molecule has 2 aromatic carbocycles. The Balaban J connectivity index is 1.45. The number of nitrogens with one attached hydrogen (secondary N) is 2. The molecule has 0 bridgehead atoms. The minimum atomic E-state index is -0.323. The maximum Gasteiger partial charge on any atom is 0.273 e. The molecule has 0 aliphatic carbocycles. The molecule has 0 fully saturated rings. The van der Waals surface area contributed by atoms with Gasteiger partial charge in [0.2, 0.25) is 0 Å². The van der Waals surface area contributed by atoms with Crippen molar-refractivity contribution in [1.29, 1.82) is 0 Å². The number of amides is 1. The summed E-state index contributed by atoms with van der Waals surface area (Å²) < 4.78 is 15.2. The van der Waals surface area contributed by atoms with E-state index in [1.54, 1.807) is 18.2 Å². The van der Waals surface area contributed by atoms with E-state index in [-0.39, 0.29) is 30.0 Å². The third-order valence-corrected chi connectivity index (χ3v) is 4.49. The lowest BCUT2D eigenvalue weighted by Crippen LogP contribution is -2.27. The van der Waals surface area contributed by atoms with E-state index in [0.717, 1.165) is 16.5 Å². The number of halogens is 1. The lowest BCUT2D eigenvalue weighted by atomic mass is 10.1. The Morgan fingerprint density at radius 1 is 1.26 bits per heavy atom. The first kappa shape index (κ1) is 17.0. The fraction of sp³-hybridized carbons (Fsp3) is 0.150. The fourth-order valence-electron chi connectivity index (χ4n) is 2.98. The van der Waals surface area contributed by atoms with Gasteiger partial charge in [-0.05, 0) is 42.1 Å². The Kier molecular flexibility index (Phi) is 4.42. The number of H-pyrrole nitrogens is 1. The summed E-state index contributed by atoms with van der Waals surface area (Å²) in [4.78, 5) is 15.6. The molecule has 1 atom stereocenters. The first-order chi connectivity index (χ1) is 13.1. The molecule has 2 aromatic heterocycles. The van der Waals surface area contributed by atoms with Crippen molar-refractivity contribution in [1.82, 2.24) is 25.3 Å². The molecule has 2 heterocycles. The number of aromatic amines is 1. The Labute approximate surface area is 155 Å². The summed E-state index contributed by atoms with van der Waals surface area (Å²) in [6.45, 7) is 2.13. The lowest BCUT2D eigenvalue weighted by Gasteiger charge is -2.13. The third kappa shape index (κ3) is 3.57. The molecule has 2 N–H and O–H groups in total. The molecule has 0 radical (unpaired) electrons. The number of carbonyl (C=O) groups excluding carboxylic acids is 1. The second kappa shape index (κ2) is 7.03. The second-order valence-corrected chi connectivity index (χ2v) is 6.41. The van der Waals surface area contributed by atoms with Gasteiger partial charge in [0.1, 0.15) is 5.82 Å². The average Bonchev–Trinajstić information content (AvgIpc) is 3.32. The summed E-state index contributed by atoms with van der Waals surface area (Å²) in [5, 5.41) is 11.8. The molecule has 136 valence electrons. The number of hydrogen-bond donors (Lipinski definition) is 2. The van der Waals surface area contributed by atoms with E-state index >= 15 is 0 Å². The van der Waals surface area contributed by atoms with Gasteiger partial charge in [-0.15, -0.1) is 5.10 Å². The quantitative estimate of drug-likeness (QED) is 0.570. The molecule has 4 rings (SSSR count). The van der Waals surface area contributed by atoms with Gasteiger partial charge in [-0.3, -0.25) is 4.79 Å². The number of aromatic nitrogens is 4. The number of benzene rings is 2.